The highest BCUT2D eigenvalue weighted by Gasteiger charge is 2.17. The number of nitrogens with two attached hydrogens (primary N) is 1. The second-order valence-corrected chi connectivity index (χ2v) is 7.08. The second-order valence-electron chi connectivity index (χ2n) is 6.68. The number of rotatable bonds is 8. The number of aromatic nitrogens is 2. The van der Waals surface area contributed by atoms with Crippen molar-refractivity contribution >= 4 is 53.1 Å². The molecule has 1 saturated carbocycles. The minimum atomic E-state index is -0.625. The Balaban J connectivity index is 1.83. The van der Waals surface area contributed by atoms with Gasteiger partial charge in [0.15, 0.2) is 0 Å². The Morgan fingerprint density at radius 3 is 2.83 bits per heavy atom. The van der Waals surface area contributed by atoms with Crippen LogP contribution in [-0.2, 0) is 0 Å². The number of hydrazone groups is 1. The summed E-state index contributed by atoms with van der Waals surface area (Å²) in [6.45, 7) is 0. The van der Waals surface area contributed by atoms with Crippen molar-refractivity contribution < 1.29 is 4.79 Å². The number of nitrogens with zero attached hydrogens (tertiary/aromatic N) is 3. The average Bonchev–Trinajstić information content (AvgIpc) is 2.71. The van der Waals surface area contributed by atoms with Crippen LogP contribution >= 0.6 is 11.6 Å². The Morgan fingerprint density at radius 1 is 1.31 bits per heavy atom. The van der Waals surface area contributed by atoms with Gasteiger partial charge in [0.1, 0.15) is 11.4 Å². The van der Waals surface area contributed by atoms with Gasteiger partial charge >= 0.3 is 0 Å². The first-order valence-electron chi connectivity index (χ1n) is 9.35. The molecule has 1 fully saturated rings. The van der Waals surface area contributed by atoms with Crippen LogP contribution in [0.25, 0.3) is 0 Å². The maximum atomic E-state index is 11.8. The number of halogens is 1. The Hall–Kier alpha value is -3.20. The van der Waals surface area contributed by atoms with Gasteiger partial charge in [0.2, 0.25) is 5.95 Å². The summed E-state index contributed by atoms with van der Waals surface area (Å²) in [5.74, 6) is 0.133. The lowest BCUT2D eigenvalue weighted by molar-refractivity contribution is 0.100. The molecule has 0 unspecified atom stereocenters. The SMILES string of the molecule is N=C/C=N\Nc1cc(Nc2nc(NC3CCCCC3)ncc2C(N)=O)ccc1Cl. The van der Waals surface area contributed by atoms with Crippen LogP contribution in [0.4, 0.5) is 23.1 Å². The molecule has 1 aliphatic rings. The van der Waals surface area contributed by atoms with Crippen LogP contribution in [0.2, 0.25) is 5.02 Å². The van der Waals surface area contributed by atoms with Crippen LogP contribution in [0.3, 0.4) is 0 Å². The molecule has 1 aliphatic carbocycles. The van der Waals surface area contributed by atoms with Gasteiger partial charge in [0.25, 0.3) is 5.91 Å². The van der Waals surface area contributed by atoms with Crippen molar-refractivity contribution in [1.82, 2.24) is 9.97 Å². The predicted octanol–water partition coefficient (Wildman–Crippen LogP) is 3.76. The smallest absolute Gasteiger partial charge is 0.254 e. The van der Waals surface area contributed by atoms with Crippen LogP contribution in [0.15, 0.2) is 29.5 Å². The second kappa shape index (κ2) is 9.83. The Labute approximate surface area is 173 Å². The molecule has 1 aromatic carbocycles. The van der Waals surface area contributed by atoms with Crippen molar-refractivity contribution in [2.45, 2.75) is 38.1 Å². The van der Waals surface area contributed by atoms with Gasteiger partial charge in [-0.25, -0.2) is 4.98 Å². The molecular weight excluding hydrogens is 392 g/mol. The van der Waals surface area contributed by atoms with E-state index in [1.54, 1.807) is 18.2 Å². The molecule has 1 amide bonds. The topological polar surface area (TPSA) is 141 Å². The molecule has 0 atom stereocenters. The lowest BCUT2D eigenvalue weighted by Gasteiger charge is -2.23. The van der Waals surface area contributed by atoms with Gasteiger partial charge in [-0.15, -0.1) is 0 Å². The summed E-state index contributed by atoms with van der Waals surface area (Å²) in [6, 6.07) is 5.46. The van der Waals surface area contributed by atoms with Gasteiger partial charge in [-0.3, -0.25) is 10.2 Å². The largest absolute Gasteiger partial charge is 0.365 e. The first kappa shape index (κ1) is 20.5. The molecule has 1 heterocycles. The Morgan fingerprint density at radius 2 is 2.10 bits per heavy atom. The van der Waals surface area contributed by atoms with Gasteiger partial charge in [-0.1, -0.05) is 30.9 Å². The molecule has 3 rings (SSSR count). The first-order chi connectivity index (χ1) is 14.1. The number of amides is 1. The molecule has 1 aromatic heterocycles. The van der Waals surface area contributed by atoms with E-state index in [1.165, 1.54) is 31.7 Å². The van der Waals surface area contributed by atoms with E-state index in [1.807, 2.05) is 0 Å². The average molecular weight is 415 g/mol. The van der Waals surface area contributed by atoms with Crippen LogP contribution in [-0.4, -0.2) is 34.3 Å². The van der Waals surface area contributed by atoms with Crippen LogP contribution < -0.4 is 21.8 Å². The normalized spacial score (nSPS) is 14.5. The van der Waals surface area contributed by atoms with E-state index in [9.17, 15) is 4.79 Å². The van der Waals surface area contributed by atoms with E-state index in [2.05, 4.69) is 31.1 Å². The maximum absolute atomic E-state index is 11.8. The fraction of sp³-hybridized carbons (Fsp3) is 0.316. The molecule has 0 aliphatic heterocycles. The van der Waals surface area contributed by atoms with Crippen molar-refractivity contribution in [3.63, 3.8) is 0 Å². The third-order valence-corrected chi connectivity index (χ3v) is 4.89. The van der Waals surface area contributed by atoms with Crippen LogP contribution in [0.5, 0.6) is 0 Å². The molecule has 29 heavy (non-hydrogen) atoms. The summed E-state index contributed by atoms with van der Waals surface area (Å²) in [5.41, 5.74) is 9.59. The quantitative estimate of drug-likeness (QED) is 0.329. The molecule has 9 nitrogen and oxygen atoms in total. The summed E-state index contributed by atoms with van der Waals surface area (Å²) >= 11 is 6.16. The van der Waals surface area contributed by atoms with E-state index in [-0.39, 0.29) is 5.56 Å². The molecule has 0 radical (unpaired) electrons. The standard InChI is InChI=1S/C19H23ClN8O/c20-15-7-6-13(10-16(15)28-24-9-8-21)25-18-14(17(22)29)11-23-19(27-18)26-12-4-2-1-3-5-12/h6-12,21,28H,1-5H2,(H2,22,29)(H2,23,25,26,27)/b21-8?,24-9-. The fourth-order valence-corrected chi connectivity index (χ4v) is 3.29. The number of nitrogens with one attached hydrogen (secondary N) is 4. The van der Waals surface area contributed by atoms with Crippen LogP contribution in [0.1, 0.15) is 42.5 Å². The molecule has 2 aromatic rings. The zero-order chi connectivity index (χ0) is 20.6. The van der Waals surface area contributed by atoms with Crippen LogP contribution in [0, 0.1) is 5.41 Å². The fourth-order valence-electron chi connectivity index (χ4n) is 3.13. The number of carbonyl (C=O) groups is 1. The number of benzene rings is 1. The number of hydrogen-bond acceptors (Lipinski definition) is 8. The predicted molar refractivity (Wildman–Crippen MR) is 117 cm³/mol. The van der Waals surface area contributed by atoms with Crippen molar-refractivity contribution in [3.8, 4) is 0 Å². The summed E-state index contributed by atoms with van der Waals surface area (Å²) in [4.78, 5) is 20.5. The van der Waals surface area contributed by atoms with Gasteiger partial charge in [-0.05, 0) is 31.0 Å². The van der Waals surface area contributed by atoms with Gasteiger partial charge in [0.05, 0.1) is 16.9 Å². The summed E-state index contributed by atoms with van der Waals surface area (Å²) in [5, 5.41) is 17.7. The van der Waals surface area contributed by atoms with E-state index in [0.29, 0.717) is 34.2 Å². The van der Waals surface area contributed by atoms with Gasteiger partial charge in [0, 0.05) is 24.1 Å². The van der Waals surface area contributed by atoms with Crippen molar-refractivity contribution in [1.29, 1.82) is 5.41 Å². The number of anilines is 4. The summed E-state index contributed by atoms with van der Waals surface area (Å²) < 4.78 is 0. The minimum Gasteiger partial charge on any atom is -0.365 e. The summed E-state index contributed by atoms with van der Waals surface area (Å²) in [7, 11) is 0. The van der Waals surface area contributed by atoms with Gasteiger partial charge in [-0.2, -0.15) is 10.1 Å². The zero-order valence-electron chi connectivity index (χ0n) is 15.8. The molecular formula is C19H23ClN8O. The van der Waals surface area contributed by atoms with E-state index >= 15 is 0 Å². The van der Waals surface area contributed by atoms with E-state index in [4.69, 9.17) is 22.7 Å². The Kier molecular flexibility index (Phi) is 6.96. The number of carbonyl (C=O) groups excluding carboxylic acids is 1. The van der Waals surface area contributed by atoms with E-state index in [0.717, 1.165) is 19.1 Å². The van der Waals surface area contributed by atoms with Crippen molar-refractivity contribution in [2.24, 2.45) is 10.8 Å². The number of hydrogen-bond donors (Lipinski definition) is 5. The lowest BCUT2D eigenvalue weighted by Crippen LogP contribution is -2.24. The first-order valence-corrected chi connectivity index (χ1v) is 9.72. The third kappa shape index (κ3) is 5.64. The Bertz CT molecular complexity index is 911. The van der Waals surface area contributed by atoms with Gasteiger partial charge < -0.3 is 21.8 Å². The van der Waals surface area contributed by atoms with Crippen molar-refractivity contribution in [3.05, 3.63) is 35.0 Å². The zero-order valence-corrected chi connectivity index (χ0v) is 16.5. The van der Waals surface area contributed by atoms with E-state index < -0.39 is 5.91 Å². The third-order valence-electron chi connectivity index (χ3n) is 4.56. The molecule has 152 valence electrons. The minimum absolute atomic E-state index is 0.186. The molecule has 0 spiro atoms. The maximum Gasteiger partial charge on any atom is 0.254 e. The monoisotopic (exact) mass is 414 g/mol. The molecule has 10 heteroatoms. The highest BCUT2D eigenvalue weighted by Crippen LogP contribution is 2.28. The molecule has 0 bridgehead atoms. The highest BCUT2D eigenvalue weighted by atomic mass is 35.5. The molecule has 0 saturated heterocycles. The molecule has 6 N–H and O–H groups in total. The number of primary amides is 1. The highest BCUT2D eigenvalue weighted by molar-refractivity contribution is 6.33. The van der Waals surface area contributed by atoms with Crippen molar-refractivity contribution in [2.75, 3.05) is 16.1 Å². The lowest BCUT2D eigenvalue weighted by atomic mass is 9.96. The summed E-state index contributed by atoms with van der Waals surface area (Å²) in [6.07, 6.45) is 9.53.